The van der Waals surface area contributed by atoms with E-state index in [4.69, 9.17) is 0 Å². The van der Waals surface area contributed by atoms with Gasteiger partial charge in [0.1, 0.15) is 4.47 Å². The van der Waals surface area contributed by atoms with E-state index < -0.39 is 0 Å². The Morgan fingerprint density at radius 2 is 2.37 bits per heavy atom. The minimum absolute atomic E-state index is 0.101. The largest absolute Gasteiger partial charge is 0.377 e. The Bertz CT molecular complexity index is 703. The first-order valence-electron chi connectivity index (χ1n) is 5.39. The number of allylic oxidation sites excluding steroid dienone is 1. The van der Waals surface area contributed by atoms with E-state index in [0.717, 1.165) is 17.0 Å². The summed E-state index contributed by atoms with van der Waals surface area (Å²) in [7, 11) is 0. The molecule has 0 saturated heterocycles. The van der Waals surface area contributed by atoms with Gasteiger partial charge in [-0.1, -0.05) is 17.4 Å². The van der Waals surface area contributed by atoms with Crippen LogP contribution in [0.1, 0.15) is 5.69 Å². The molecule has 6 nitrogen and oxygen atoms in total. The average Bonchev–Trinajstić information content (AvgIpc) is 2.80. The summed E-state index contributed by atoms with van der Waals surface area (Å²) in [4.78, 5) is 25.5. The number of halogens is 1. The van der Waals surface area contributed by atoms with Crippen LogP contribution in [0, 0.1) is 0 Å². The lowest BCUT2D eigenvalue weighted by atomic mass is 10.4. The molecule has 0 aromatic carbocycles. The quantitative estimate of drug-likeness (QED) is 0.808. The molecular weight excluding hydrogens is 332 g/mol. The molecule has 0 aliphatic rings. The molecule has 2 aromatic heterocycles. The first-order chi connectivity index (χ1) is 9.11. The lowest BCUT2D eigenvalue weighted by Gasteiger charge is -2.08. The number of nitrogens with one attached hydrogen (secondary N) is 2. The van der Waals surface area contributed by atoms with Gasteiger partial charge >= 0.3 is 4.87 Å². The lowest BCUT2D eigenvalue weighted by Crippen LogP contribution is -2.24. The van der Waals surface area contributed by atoms with Gasteiger partial charge in [-0.15, -0.1) is 6.58 Å². The third kappa shape index (κ3) is 3.21. The summed E-state index contributed by atoms with van der Waals surface area (Å²) in [6, 6.07) is 0. The molecule has 0 aliphatic carbocycles. The minimum atomic E-state index is -0.233. The molecule has 0 radical (unpaired) electrons. The Labute approximate surface area is 120 Å². The van der Waals surface area contributed by atoms with Crippen molar-refractivity contribution in [3.05, 3.63) is 54.4 Å². The molecule has 0 fully saturated rings. The molecule has 2 N–H and O–H groups in total. The second kappa shape index (κ2) is 5.98. The molecule has 0 unspecified atom stereocenters. The van der Waals surface area contributed by atoms with Crippen LogP contribution >= 0.6 is 27.3 Å². The van der Waals surface area contributed by atoms with Crippen LogP contribution in [0.3, 0.4) is 0 Å². The maximum atomic E-state index is 11.9. The summed E-state index contributed by atoms with van der Waals surface area (Å²) >= 11 is 4.34. The van der Waals surface area contributed by atoms with Crippen LogP contribution in [0.2, 0.25) is 0 Å². The van der Waals surface area contributed by atoms with Gasteiger partial charge in [-0.05, 0) is 15.9 Å². The fraction of sp³-hybridized carbons (Fsp3) is 0.182. The molecule has 0 atom stereocenters. The van der Waals surface area contributed by atoms with Crippen molar-refractivity contribution in [3.63, 3.8) is 0 Å². The van der Waals surface area contributed by atoms with E-state index >= 15 is 0 Å². The molecule has 19 heavy (non-hydrogen) atoms. The van der Waals surface area contributed by atoms with Gasteiger partial charge in [0.25, 0.3) is 5.56 Å². The van der Waals surface area contributed by atoms with Crippen LogP contribution in [0.15, 0.2) is 38.3 Å². The van der Waals surface area contributed by atoms with E-state index in [2.05, 4.69) is 37.9 Å². The number of anilines is 1. The Morgan fingerprint density at radius 1 is 1.58 bits per heavy atom. The van der Waals surface area contributed by atoms with Crippen LogP contribution in [0.25, 0.3) is 0 Å². The molecule has 0 spiro atoms. The number of thiazole rings is 1. The van der Waals surface area contributed by atoms with Crippen LogP contribution in [-0.2, 0) is 13.1 Å². The highest BCUT2D eigenvalue weighted by molar-refractivity contribution is 9.10. The van der Waals surface area contributed by atoms with Crippen molar-refractivity contribution in [3.8, 4) is 0 Å². The molecule has 2 heterocycles. The molecule has 0 amide bonds. The predicted molar refractivity (Wildman–Crippen MR) is 78.7 cm³/mol. The van der Waals surface area contributed by atoms with E-state index in [1.54, 1.807) is 17.7 Å². The normalized spacial score (nSPS) is 10.4. The van der Waals surface area contributed by atoms with Crippen LogP contribution in [-0.4, -0.2) is 14.8 Å². The summed E-state index contributed by atoms with van der Waals surface area (Å²) in [6.45, 7) is 4.34. The first-order valence-corrected chi connectivity index (χ1v) is 7.06. The summed E-state index contributed by atoms with van der Waals surface area (Å²) in [6.07, 6.45) is 3.16. The highest BCUT2D eigenvalue weighted by Crippen LogP contribution is 2.16. The smallest absolute Gasteiger partial charge is 0.304 e. The molecule has 0 bridgehead atoms. The number of hydrogen-bond acceptors (Lipinski definition) is 5. The number of aromatic amines is 1. The third-order valence-electron chi connectivity index (χ3n) is 2.33. The van der Waals surface area contributed by atoms with Crippen molar-refractivity contribution in [1.29, 1.82) is 0 Å². The first kappa shape index (κ1) is 13.8. The maximum Gasteiger partial charge on any atom is 0.304 e. The topological polar surface area (TPSA) is 79.8 Å². The summed E-state index contributed by atoms with van der Waals surface area (Å²) in [5, 5.41) is 8.79. The van der Waals surface area contributed by atoms with Crippen molar-refractivity contribution >= 4 is 33.0 Å². The monoisotopic (exact) mass is 342 g/mol. The van der Waals surface area contributed by atoms with Crippen molar-refractivity contribution in [2.45, 2.75) is 13.1 Å². The van der Waals surface area contributed by atoms with Gasteiger partial charge in [0.2, 0.25) is 0 Å². The molecule has 2 aromatic rings. The number of hydrogen-bond donors (Lipinski definition) is 2. The molecule has 2 rings (SSSR count). The van der Waals surface area contributed by atoms with Gasteiger partial charge < -0.3 is 10.3 Å². The zero-order valence-electron chi connectivity index (χ0n) is 9.85. The van der Waals surface area contributed by atoms with Gasteiger partial charge in [0.15, 0.2) is 0 Å². The van der Waals surface area contributed by atoms with Gasteiger partial charge in [0, 0.05) is 11.1 Å². The zero-order chi connectivity index (χ0) is 13.8. The highest BCUT2D eigenvalue weighted by Gasteiger charge is 2.08. The van der Waals surface area contributed by atoms with E-state index in [0.29, 0.717) is 23.2 Å². The Hall–Kier alpha value is -1.67. The fourth-order valence-electron chi connectivity index (χ4n) is 1.43. The molecule has 8 heteroatoms. The van der Waals surface area contributed by atoms with Crippen molar-refractivity contribution in [1.82, 2.24) is 14.8 Å². The fourth-order valence-corrected chi connectivity index (χ4v) is 2.46. The van der Waals surface area contributed by atoms with Gasteiger partial charge in [0.05, 0.1) is 25.0 Å². The highest BCUT2D eigenvalue weighted by atomic mass is 79.9. The van der Waals surface area contributed by atoms with E-state index in [-0.39, 0.29) is 10.4 Å². The van der Waals surface area contributed by atoms with Crippen LogP contribution < -0.4 is 15.7 Å². The Balaban J connectivity index is 2.17. The number of nitrogens with zero attached hydrogens (tertiary/aromatic N) is 2. The molecular formula is C11H11BrN4O2S. The second-order valence-corrected chi connectivity index (χ2v) is 5.31. The minimum Gasteiger partial charge on any atom is -0.377 e. The molecule has 0 saturated carbocycles. The van der Waals surface area contributed by atoms with Gasteiger partial charge in [-0.2, -0.15) is 5.10 Å². The summed E-state index contributed by atoms with van der Waals surface area (Å²) < 4.78 is 1.70. The van der Waals surface area contributed by atoms with Crippen LogP contribution in [0.5, 0.6) is 0 Å². The Morgan fingerprint density at radius 3 is 3.00 bits per heavy atom. The number of H-pyrrole nitrogens is 1. The molecule has 0 aliphatic heterocycles. The third-order valence-corrected chi connectivity index (χ3v) is 3.81. The molecule has 100 valence electrons. The van der Waals surface area contributed by atoms with Crippen molar-refractivity contribution in [2.24, 2.45) is 0 Å². The van der Waals surface area contributed by atoms with Crippen molar-refractivity contribution in [2.75, 3.05) is 5.32 Å². The van der Waals surface area contributed by atoms with E-state index in [9.17, 15) is 9.59 Å². The average molecular weight is 343 g/mol. The van der Waals surface area contributed by atoms with Gasteiger partial charge in [-0.3, -0.25) is 9.59 Å². The SMILES string of the molecule is C=CCn1ncc(NCc2csc(=O)[nH]2)c(Br)c1=O. The van der Waals surface area contributed by atoms with E-state index in [1.165, 1.54) is 4.68 Å². The second-order valence-electron chi connectivity index (χ2n) is 3.68. The standard InChI is InChI=1S/C11H11BrN4O2S/c1-2-3-16-10(17)9(12)8(5-14-16)13-4-7-6-19-11(18)15-7/h2,5-6,13H,1,3-4H2,(H,15,18). The number of rotatable bonds is 5. The van der Waals surface area contributed by atoms with E-state index in [1.807, 2.05) is 0 Å². The lowest BCUT2D eigenvalue weighted by molar-refractivity contribution is 0.649. The maximum absolute atomic E-state index is 11.9. The summed E-state index contributed by atoms with van der Waals surface area (Å²) in [5.41, 5.74) is 1.11. The zero-order valence-corrected chi connectivity index (χ0v) is 12.3. The van der Waals surface area contributed by atoms with Crippen LogP contribution in [0.4, 0.5) is 5.69 Å². The number of aromatic nitrogens is 3. The Kier molecular flexibility index (Phi) is 4.33. The predicted octanol–water partition coefficient (Wildman–Crippen LogP) is 1.55. The summed E-state index contributed by atoms with van der Waals surface area (Å²) in [5.74, 6) is 0. The van der Waals surface area contributed by atoms with Gasteiger partial charge in [-0.25, -0.2) is 4.68 Å². The van der Waals surface area contributed by atoms with Crippen molar-refractivity contribution < 1.29 is 0 Å².